The highest BCUT2D eigenvalue weighted by molar-refractivity contribution is 7.91. The fourth-order valence-corrected chi connectivity index (χ4v) is 4.68. The first-order valence-corrected chi connectivity index (χ1v) is 8.32. The standard InChI is InChI=1S/C11H17F3N2O2S2/c1-2-7-16(8-11(12,13)14)20(17,18)10-4-3-9(19-10)5-6-15/h3-4H,2,5-8,15H2,1H3. The Balaban J connectivity index is 3.02. The molecule has 1 aromatic rings. The van der Waals surface area contributed by atoms with Gasteiger partial charge in [0.05, 0.1) is 0 Å². The number of nitrogens with two attached hydrogens (primary N) is 1. The maximum Gasteiger partial charge on any atom is 0.402 e. The molecule has 1 aromatic heterocycles. The van der Waals surface area contributed by atoms with Crippen LogP contribution < -0.4 is 5.73 Å². The molecule has 9 heteroatoms. The largest absolute Gasteiger partial charge is 0.402 e. The van der Waals surface area contributed by atoms with Gasteiger partial charge < -0.3 is 5.73 Å². The van der Waals surface area contributed by atoms with Crippen LogP contribution in [-0.4, -0.2) is 38.5 Å². The third-order valence-electron chi connectivity index (χ3n) is 2.45. The number of thiophene rings is 1. The molecule has 1 heterocycles. The van der Waals surface area contributed by atoms with Gasteiger partial charge in [-0.25, -0.2) is 8.42 Å². The number of sulfonamides is 1. The second-order valence-electron chi connectivity index (χ2n) is 4.21. The smallest absolute Gasteiger partial charge is 0.330 e. The van der Waals surface area contributed by atoms with Gasteiger partial charge in [-0.15, -0.1) is 11.3 Å². The molecule has 0 unspecified atom stereocenters. The Morgan fingerprint density at radius 1 is 1.35 bits per heavy atom. The average molecular weight is 330 g/mol. The molecular weight excluding hydrogens is 313 g/mol. The highest BCUT2D eigenvalue weighted by Gasteiger charge is 2.37. The summed E-state index contributed by atoms with van der Waals surface area (Å²) in [4.78, 5) is 0.745. The molecule has 1 rings (SSSR count). The molecular formula is C11H17F3N2O2S2. The molecule has 4 nitrogen and oxygen atoms in total. The van der Waals surface area contributed by atoms with E-state index in [0.717, 1.165) is 16.2 Å². The first-order valence-electron chi connectivity index (χ1n) is 6.06. The summed E-state index contributed by atoms with van der Waals surface area (Å²) < 4.78 is 62.3. The van der Waals surface area contributed by atoms with Gasteiger partial charge in [-0.2, -0.15) is 17.5 Å². The van der Waals surface area contributed by atoms with Crippen molar-refractivity contribution in [1.82, 2.24) is 4.31 Å². The van der Waals surface area contributed by atoms with Crippen molar-refractivity contribution in [1.29, 1.82) is 0 Å². The predicted octanol–water partition coefficient (Wildman–Crippen LogP) is 2.21. The van der Waals surface area contributed by atoms with Gasteiger partial charge in [0.2, 0.25) is 0 Å². The van der Waals surface area contributed by atoms with E-state index in [9.17, 15) is 21.6 Å². The molecule has 0 aliphatic rings. The van der Waals surface area contributed by atoms with Gasteiger partial charge in [0.1, 0.15) is 10.8 Å². The quantitative estimate of drug-likeness (QED) is 0.834. The lowest BCUT2D eigenvalue weighted by Gasteiger charge is -2.21. The molecule has 0 saturated carbocycles. The predicted molar refractivity (Wildman–Crippen MR) is 72.2 cm³/mol. The van der Waals surface area contributed by atoms with E-state index in [1.54, 1.807) is 13.0 Å². The number of nitrogens with zero attached hydrogens (tertiary/aromatic N) is 1. The first-order chi connectivity index (χ1) is 9.20. The minimum absolute atomic E-state index is 0.0707. The van der Waals surface area contributed by atoms with E-state index < -0.39 is 22.7 Å². The monoisotopic (exact) mass is 330 g/mol. The van der Waals surface area contributed by atoms with Crippen LogP contribution in [0.2, 0.25) is 0 Å². The Morgan fingerprint density at radius 3 is 2.50 bits per heavy atom. The van der Waals surface area contributed by atoms with Crippen LogP contribution >= 0.6 is 11.3 Å². The zero-order valence-electron chi connectivity index (χ0n) is 11.0. The average Bonchev–Trinajstić information content (AvgIpc) is 2.76. The van der Waals surface area contributed by atoms with Crippen LogP contribution in [0.1, 0.15) is 18.2 Å². The molecule has 0 radical (unpaired) electrons. The van der Waals surface area contributed by atoms with Gasteiger partial charge in [-0.3, -0.25) is 0 Å². The van der Waals surface area contributed by atoms with Gasteiger partial charge in [0, 0.05) is 11.4 Å². The lowest BCUT2D eigenvalue weighted by atomic mass is 10.3. The van der Waals surface area contributed by atoms with Crippen molar-refractivity contribution in [2.45, 2.75) is 30.2 Å². The Kier molecular flexibility index (Phi) is 5.99. The van der Waals surface area contributed by atoms with E-state index >= 15 is 0 Å². The van der Waals surface area contributed by atoms with E-state index in [-0.39, 0.29) is 10.8 Å². The SMILES string of the molecule is CCCN(CC(F)(F)F)S(=O)(=O)c1ccc(CCN)s1. The molecule has 0 amide bonds. The van der Waals surface area contributed by atoms with Crippen molar-refractivity contribution in [2.75, 3.05) is 19.6 Å². The van der Waals surface area contributed by atoms with Crippen LogP contribution in [0.15, 0.2) is 16.3 Å². The van der Waals surface area contributed by atoms with Crippen LogP contribution in [-0.2, 0) is 16.4 Å². The zero-order chi connectivity index (χ0) is 15.4. The molecule has 0 bridgehead atoms. The normalized spacial score (nSPS) is 13.1. The van der Waals surface area contributed by atoms with E-state index in [0.29, 0.717) is 23.7 Å². The van der Waals surface area contributed by atoms with Gasteiger partial charge in [0.15, 0.2) is 0 Å². The molecule has 20 heavy (non-hydrogen) atoms. The topological polar surface area (TPSA) is 63.4 Å². The molecule has 0 spiro atoms. The fourth-order valence-electron chi connectivity index (χ4n) is 1.63. The van der Waals surface area contributed by atoms with Gasteiger partial charge in [0.25, 0.3) is 10.0 Å². The van der Waals surface area contributed by atoms with Crippen LogP contribution in [0.4, 0.5) is 13.2 Å². The number of alkyl halides is 3. The van der Waals surface area contributed by atoms with Gasteiger partial charge >= 0.3 is 6.18 Å². The van der Waals surface area contributed by atoms with Crippen molar-refractivity contribution in [3.8, 4) is 0 Å². The molecule has 0 aliphatic carbocycles. The minimum atomic E-state index is -4.56. The van der Waals surface area contributed by atoms with Crippen LogP contribution in [0, 0.1) is 0 Å². The third-order valence-corrected chi connectivity index (χ3v) is 5.91. The molecule has 0 atom stereocenters. The Hall–Kier alpha value is -0.640. The van der Waals surface area contributed by atoms with Crippen LogP contribution in [0.5, 0.6) is 0 Å². The molecule has 0 saturated heterocycles. The van der Waals surface area contributed by atoms with Crippen molar-refractivity contribution in [3.05, 3.63) is 17.0 Å². The Morgan fingerprint density at radius 2 is 2.00 bits per heavy atom. The van der Waals surface area contributed by atoms with E-state index in [1.165, 1.54) is 6.07 Å². The number of hydrogen-bond acceptors (Lipinski definition) is 4. The van der Waals surface area contributed by atoms with E-state index in [2.05, 4.69) is 0 Å². The number of hydrogen-bond donors (Lipinski definition) is 1. The third kappa shape index (κ3) is 4.72. The summed E-state index contributed by atoms with van der Waals surface area (Å²) >= 11 is 0.968. The summed E-state index contributed by atoms with van der Waals surface area (Å²) in [6, 6.07) is 2.92. The lowest BCUT2D eigenvalue weighted by Crippen LogP contribution is -2.39. The summed E-state index contributed by atoms with van der Waals surface area (Å²) in [6.45, 7) is 0.369. The Bertz CT molecular complexity index is 526. The summed E-state index contributed by atoms with van der Waals surface area (Å²) in [5, 5.41) is 0. The molecule has 116 valence electrons. The Labute approximate surface area is 120 Å². The van der Waals surface area contributed by atoms with Crippen LogP contribution in [0.3, 0.4) is 0 Å². The van der Waals surface area contributed by atoms with Gasteiger partial charge in [-0.05, 0) is 31.5 Å². The van der Waals surface area contributed by atoms with Crippen molar-refractivity contribution < 1.29 is 21.6 Å². The second kappa shape index (κ2) is 6.88. The summed E-state index contributed by atoms with van der Waals surface area (Å²) in [6.07, 6.45) is -3.73. The number of halogens is 3. The van der Waals surface area contributed by atoms with E-state index in [1.807, 2.05) is 0 Å². The molecule has 0 aromatic carbocycles. The highest BCUT2D eigenvalue weighted by Crippen LogP contribution is 2.28. The molecule has 0 fully saturated rings. The van der Waals surface area contributed by atoms with Crippen molar-refractivity contribution in [2.24, 2.45) is 5.73 Å². The molecule has 0 aliphatic heterocycles. The van der Waals surface area contributed by atoms with Crippen molar-refractivity contribution >= 4 is 21.4 Å². The van der Waals surface area contributed by atoms with Crippen LogP contribution in [0.25, 0.3) is 0 Å². The van der Waals surface area contributed by atoms with E-state index in [4.69, 9.17) is 5.73 Å². The zero-order valence-corrected chi connectivity index (χ0v) is 12.6. The highest BCUT2D eigenvalue weighted by atomic mass is 32.2. The molecule has 2 N–H and O–H groups in total. The maximum atomic E-state index is 12.5. The number of rotatable bonds is 7. The first kappa shape index (κ1) is 17.4. The second-order valence-corrected chi connectivity index (χ2v) is 7.55. The van der Waals surface area contributed by atoms with Gasteiger partial charge in [-0.1, -0.05) is 6.92 Å². The fraction of sp³-hybridized carbons (Fsp3) is 0.636. The maximum absolute atomic E-state index is 12.5. The lowest BCUT2D eigenvalue weighted by molar-refractivity contribution is -0.136. The summed E-state index contributed by atoms with van der Waals surface area (Å²) in [7, 11) is -4.10. The summed E-state index contributed by atoms with van der Waals surface area (Å²) in [5.41, 5.74) is 5.37. The van der Waals surface area contributed by atoms with Crippen molar-refractivity contribution in [3.63, 3.8) is 0 Å². The minimum Gasteiger partial charge on any atom is -0.330 e. The summed E-state index contributed by atoms with van der Waals surface area (Å²) in [5.74, 6) is 0.